The highest BCUT2D eigenvalue weighted by atomic mass is 35.5. The van der Waals surface area contributed by atoms with Crippen LogP contribution in [0.15, 0.2) is 35.5 Å². The highest BCUT2D eigenvalue weighted by Gasteiger charge is 2.19. The fraction of sp³-hybridized carbons (Fsp3) is 0.440. The SMILES string of the molecule is Cc1nc(Nc2ncc(/C(=N/c3c(C)cccc3Cl)OC(C)C)s2)cc(N2CCN(CCO)CC2)n1. The number of nitrogens with zero attached hydrogens (tertiary/aromatic N) is 6. The number of aromatic nitrogens is 3. The number of halogens is 1. The highest BCUT2D eigenvalue weighted by Crippen LogP contribution is 2.31. The molecule has 36 heavy (non-hydrogen) atoms. The minimum atomic E-state index is -0.0602. The summed E-state index contributed by atoms with van der Waals surface area (Å²) in [7, 11) is 0. The van der Waals surface area contributed by atoms with Crippen LogP contribution in [0.1, 0.15) is 30.1 Å². The first-order valence-electron chi connectivity index (χ1n) is 12.0. The topological polar surface area (TPSA) is 99.0 Å². The third kappa shape index (κ3) is 6.70. The van der Waals surface area contributed by atoms with Gasteiger partial charge in [-0.2, -0.15) is 0 Å². The maximum Gasteiger partial charge on any atom is 0.233 e. The van der Waals surface area contributed by atoms with Crippen LogP contribution >= 0.6 is 22.9 Å². The molecule has 0 bridgehead atoms. The summed E-state index contributed by atoms with van der Waals surface area (Å²) in [5, 5.41) is 13.8. The molecule has 0 radical (unpaired) electrons. The van der Waals surface area contributed by atoms with E-state index in [1.165, 1.54) is 11.3 Å². The van der Waals surface area contributed by atoms with E-state index in [1.54, 1.807) is 6.20 Å². The van der Waals surface area contributed by atoms with Crippen LogP contribution in [0.2, 0.25) is 5.02 Å². The van der Waals surface area contributed by atoms with Crippen molar-refractivity contribution in [3.8, 4) is 0 Å². The van der Waals surface area contributed by atoms with E-state index in [-0.39, 0.29) is 12.7 Å². The summed E-state index contributed by atoms with van der Waals surface area (Å²) in [6.45, 7) is 12.2. The Kier molecular flexibility index (Phi) is 8.73. The molecule has 1 aliphatic rings. The van der Waals surface area contributed by atoms with Crippen LogP contribution in [0.4, 0.5) is 22.5 Å². The lowest BCUT2D eigenvalue weighted by Crippen LogP contribution is -2.47. The Hall–Kier alpha value is -2.79. The molecule has 1 saturated heterocycles. The molecular formula is C25H32ClN7O2S. The van der Waals surface area contributed by atoms with E-state index in [2.05, 4.69) is 30.1 Å². The van der Waals surface area contributed by atoms with Crippen LogP contribution in [0.3, 0.4) is 0 Å². The van der Waals surface area contributed by atoms with Crippen molar-refractivity contribution in [2.75, 3.05) is 49.5 Å². The van der Waals surface area contributed by atoms with E-state index in [4.69, 9.17) is 21.3 Å². The van der Waals surface area contributed by atoms with Gasteiger partial charge in [-0.1, -0.05) is 35.1 Å². The van der Waals surface area contributed by atoms with Gasteiger partial charge in [-0.05, 0) is 39.3 Å². The van der Waals surface area contributed by atoms with Crippen LogP contribution in [-0.2, 0) is 4.74 Å². The number of rotatable bonds is 8. The number of aryl methyl sites for hydroxylation is 2. The zero-order chi connectivity index (χ0) is 25.7. The molecule has 3 heterocycles. The first-order chi connectivity index (χ1) is 17.3. The third-order valence-corrected chi connectivity index (χ3v) is 6.84. The number of hydrogen-bond acceptors (Lipinski definition) is 10. The molecule has 1 aliphatic heterocycles. The summed E-state index contributed by atoms with van der Waals surface area (Å²) in [6.07, 6.45) is 1.69. The molecule has 4 rings (SSSR count). The third-order valence-electron chi connectivity index (χ3n) is 5.64. The van der Waals surface area contributed by atoms with Gasteiger partial charge in [0.25, 0.3) is 0 Å². The maximum absolute atomic E-state index is 9.18. The lowest BCUT2D eigenvalue weighted by Gasteiger charge is -2.35. The second kappa shape index (κ2) is 12.0. The average Bonchev–Trinajstić information content (AvgIpc) is 3.29. The van der Waals surface area contributed by atoms with Crippen LogP contribution < -0.4 is 10.2 Å². The monoisotopic (exact) mass is 529 g/mol. The molecule has 2 N–H and O–H groups in total. The van der Waals surface area contributed by atoms with Crippen molar-refractivity contribution in [2.24, 2.45) is 4.99 Å². The zero-order valence-electron chi connectivity index (χ0n) is 21.0. The Morgan fingerprint density at radius 3 is 2.69 bits per heavy atom. The molecule has 0 atom stereocenters. The number of piperazine rings is 1. The largest absolute Gasteiger partial charge is 0.474 e. The molecule has 2 aromatic heterocycles. The van der Waals surface area contributed by atoms with Gasteiger partial charge < -0.3 is 20.1 Å². The zero-order valence-corrected chi connectivity index (χ0v) is 22.6. The molecule has 0 aliphatic carbocycles. The van der Waals surface area contributed by atoms with Gasteiger partial charge in [0.05, 0.1) is 29.6 Å². The predicted octanol–water partition coefficient (Wildman–Crippen LogP) is 4.56. The Morgan fingerprint density at radius 2 is 2.00 bits per heavy atom. The smallest absolute Gasteiger partial charge is 0.233 e. The molecule has 0 saturated carbocycles. The second-order valence-electron chi connectivity index (χ2n) is 8.85. The lowest BCUT2D eigenvalue weighted by atomic mass is 10.2. The number of hydrogen-bond donors (Lipinski definition) is 2. The molecular weight excluding hydrogens is 498 g/mol. The summed E-state index contributed by atoms with van der Waals surface area (Å²) >= 11 is 7.84. The Labute approximate surface area is 220 Å². The van der Waals surface area contributed by atoms with E-state index in [1.807, 2.05) is 52.0 Å². The van der Waals surface area contributed by atoms with Gasteiger partial charge in [0.15, 0.2) is 5.13 Å². The Balaban J connectivity index is 1.53. The summed E-state index contributed by atoms with van der Waals surface area (Å²) in [5.74, 6) is 2.72. The van der Waals surface area contributed by atoms with Gasteiger partial charge in [0, 0.05) is 38.8 Å². The van der Waals surface area contributed by atoms with E-state index >= 15 is 0 Å². The molecule has 0 unspecified atom stereocenters. The van der Waals surface area contributed by atoms with Crippen molar-refractivity contribution in [2.45, 2.75) is 33.8 Å². The van der Waals surface area contributed by atoms with Crippen molar-refractivity contribution in [3.63, 3.8) is 0 Å². The summed E-state index contributed by atoms with van der Waals surface area (Å²) < 4.78 is 6.04. The van der Waals surface area contributed by atoms with Gasteiger partial charge in [-0.15, -0.1) is 0 Å². The number of aliphatic hydroxyl groups excluding tert-OH is 1. The van der Waals surface area contributed by atoms with Crippen molar-refractivity contribution >= 4 is 51.3 Å². The fourth-order valence-corrected chi connectivity index (χ4v) is 4.91. The molecule has 11 heteroatoms. The fourth-order valence-electron chi connectivity index (χ4n) is 3.89. The molecule has 3 aromatic rings. The standard InChI is InChI=1S/C25H32ClN7O2S/c1-16(2)35-24(31-23-17(3)6-5-7-19(23)26)20-15-27-25(36-20)30-21-14-22(29-18(4)28-21)33-10-8-32(9-11-33)12-13-34/h5-7,14-16,34H,8-13H2,1-4H3,(H,27,28,29,30)/b31-24-. The van der Waals surface area contributed by atoms with Crippen LogP contribution in [0.25, 0.3) is 0 Å². The summed E-state index contributed by atoms with van der Waals surface area (Å²) in [6, 6.07) is 7.64. The van der Waals surface area contributed by atoms with Gasteiger partial charge in [0.1, 0.15) is 22.3 Å². The number of aliphatic imine (C=N–C) groups is 1. The Bertz CT molecular complexity index is 1190. The Morgan fingerprint density at radius 1 is 1.22 bits per heavy atom. The minimum Gasteiger partial charge on any atom is -0.474 e. The minimum absolute atomic E-state index is 0.0602. The van der Waals surface area contributed by atoms with Crippen molar-refractivity contribution in [3.05, 3.63) is 51.7 Å². The van der Waals surface area contributed by atoms with Crippen molar-refractivity contribution in [1.29, 1.82) is 0 Å². The molecule has 0 amide bonds. The number of thiazole rings is 1. The second-order valence-corrected chi connectivity index (χ2v) is 10.3. The van der Waals surface area contributed by atoms with E-state index in [0.29, 0.717) is 39.9 Å². The lowest BCUT2D eigenvalue weighted by molar-refractivity contribution is 0.188. The molecule has 0 spiro atoms. The summed E-state index contributed by atoms with van der Waals surface area (Å²) in [5.41, 5.74) is 1.66. The molecule has 192 valence electrons. The van der Waals surface area contributed by atoms with E-state index in [9.17, 15) is 5.11 Å². The van der Waals surface area contributed by atoms with E-state index in [0.717, 1.165) is 42.4 Å². The molecule has 1 aromatic carbocycles. The van der Waals surface area contributed by atoms with Crippen LogP contribution in [0.5, 0.6) is 0 Å². The number of β-amino-alcohol motifs (C(OH)–C–C–N with tert-alkyl or cyclic N) is 1. The first-order valence-corrected chi connectivity index (χ1v) is 13.2. The quantitative estimate of drug-likeness (QED) is 0.323. The van der Waals surface area contributed by atoms with Crippen LogP contribution in [0, 0.1) is 13.8 Å². The predicted molar refractivity (Wildman–Crippen MR) is 147 cm³/mol. The average molecular weight is 530 g/mol. The van der Waals surface area contributed by atoms with Gasteiger partial charge in [-0.25, -0.2) is 19.9 Å². The number of aliphatic hydroxyl groups is 1. The number of para-hydroxylation sites is 1. The van der Waals surface area contributed by atoms with Crippen molar-refractivity contribution in [1.82, 2.24) is 19.9 Å². The van der Waals surface area contributed by atoms with Gasteiger partial charge in [-0.3, -0.25) is 4.90 Å². The summed E-state index contributed by atoms with van der Waals surface area (Å²) in [4.78, 5) is 23.8. The number of benzene rings is 1. The molecule has 9 nitrogen and oxygen atoms in total. The van der Waals surface area contributed by atoms with Crippen molar-refractivity contribution < 1.29 is 9.84 Å². The normalized spacial score (nSPS) is 15.0. The molecule has 1 fully saturated rings. The highest BCUT2D eigenvalue weighted by molar-refractivity contribution is 7.17. The number of nitrogens with one attached hydrogen (secondary N) is 1. The van der Waals surface area contributed by atoms with Crippen LogP contribution in [-0.4, -0.2) is 76.3 Å². The van der Waals surface area contributed by atoms with Gasteiger partial charge in [0.2, 0.25) is 5.90 Å². The number of ether oxygens (including phenoxy) is 1. The first kappa shape index (κ1) is 26.3. The maximum atomic E-state index is 9.18. The number of anilines is 3. The van der Waals surface area contributed by atoms with E-state index < -0.39 is 0 Å². The van der Waals surface area contributed by atoms with Gasteiger partial charge >= 0.3 is 0 Å².